The monoisotopic (exact) mass is 311 g/mol. The third-order valence-corrected chi connectivity index (χ3v) is 5.02. The van der Waals surface area contributed by atoms with Gasteiger partial charge >= 0.3 is 0 Å². The highest BCUT2D eigenvalue weighted by Gasteiger charge is 2.37. The summed E-state index contributed by atoms with van der Waals surface area (Å²) < 4.78 is 27.5. The largest absolute Gasteiger partial charge is 0.289 e. The average Bonchev–Trinajstić information content (AvgIpc) is 2.80. The number of nitrogens with zero attached hydrogens (tertiary/aromatic N) is 1. The van der Waals surface area contributed by atoms with Crippen LogP contribution >= 0.6 is 0 Å². The lowest BCUT2D eigenvalue weighted by Crippen LogP contribution is -2.37. The number of fused-ring (bicyclic) bond motifs is 2. The Balaban J connectivity index is 1.60. The SMILES string of the molecule is Fc1ccc(F)c(C2=CC3CCC(C2)N3Cc2ccccc2)c1. The lowest BCUT2D eigenvalue weighted by Gasteiger charge is -2.34. The first-order chi connectivity index (χ1) is 11.2. The fourth-order valence-corrected chi connectivity index (χ4v) is 3.90. The molecule has 4 rings (SSSR count). The molecule has 1 fully saturated rings. The molecule has 0 spiro atoms. The van der Waals surface area contributed by atoms with Gasteiger partial charge in [-0.05, 0) is 48.6 Å². The molecule has 0 aromatic heterocycles. The molecular formula is C20H19F2N. The van der Waals surface area contributed by atoms with E-state index in [-0.39, 0.29) is 11.6 Å². The van der Waals surface area contributed by atoms with E-state index in [1.165, 1.54) is 23.8 Å². The van der Waals surface area contributed by atoms with Gasteiger partial charge in [0.2, 0.25) is 0 Å². The summed E-state index contributed by atoms with van der Waals surface area (Å²) in [6, 6.07) is 14.9. The summed E-state index contributed by atoms with van der Waals surface area (Å²) in [6.07, 6.45) is 5.15. The molecule has 2 aromatic carbocycles. The Kier molecular flexibility index (Phi) is 3.74. The van der Waals surface area contributed by atoms with Gasteiger partial charge in [-0.3, -0.25) is 4.90 Å². The average molecular weight is 311 g/mol. The first-order valence-corrected chi connectivity index (χ1v) is 8.16. The van der Waals surface area contributed by atoms with E-state index in [1.54, 1.807) is 0 Å². The van der Waals surface area contributed by atoms with Crippen molar-refractivity contribution in [2.45, 2.75) is 37.9 Å². The zero-order valence-corrected chi connectivity index (χ0v) is 12.9. The summed E-state index contributed by atoms with van der Waals surface area (Å²) in [5.74, 6) is -0.699. The van der Waals surface area contributed by atoms with Crippen molar-refractivity contribution in [1.29, 1.82) is 0 Å². The van der Waals surface area contributed by atoms with Crippen LogP contribution in [0.5, 0.6) is 0 Å². The molecular weight excluding hydrogens is 292 g/mol. The van der Waals surface area contributed by atoms with Crippen molar-refractivity contribution in [2.75, 3.05) is 0 Å². The Morgan fingerprint density at radius 2 is 1.83 bits per heavy atom. The fraction of sp³-hybridized carbons (Fsp3) is 0.300. The van der Waals surface area contributed by atoms with Crippen molar-refractivity contribution in [2.24, 2.45) is 0 Å². The molecule has 0 amide bonds. The number of hydrogen-bond acceptors (Lipinski definition) is 1. The quantitative estimate of drug-likeness (QED) is 0.788. The first-order valence-electron chi connectivity index (χ1n) is 8.16. The minimum Gasteiger partial charge on any atom is -0.289 e. The summed E-state index contributed by atoms with van der Waals surface area (Å²) >= 11 is 0. The van der Waals surface area contributed by atoms with Crippen LogP contribution in [-0.2, 0) is 6.54 Å². The van der Waals surface area contributed by atoms with Crippen LogP contribution in [0.4, 0.5) is 8.78 Å². The molecule has 2 heterocycles. The van der Waals surface area contributed by atoms with Gasteiger partial charge in [0.1, 0.15) is 11.6 Å². The number of rotatable bonds is 3. The molecule has 1 nitrogen and oxygen atoms in total. The van der Waals surface area contributed by atoms with Crippen LogP contribution in [0.2, 0.25) is 0 Å². The normalized spacial score (nSPS) is 23.8. The Morgan fingerprint density at radius 3 is 2.61 bits per heavy atom. The highest BCUT2D eigenvalue weighted by molar-refractivity contribution is 5.68. The van der Waals surface area contributed by atoms with E-state index in [9.17, 15) is 8.78 Å². The summed E-state index contributed by atoms with van der Waals surface area (Å²) in [5.41, 5.74) is 2.69. The van der Waals surface area contributed by atoms with Crippen LogP contribution in [0.15, 0.2) is 54.6 Å². The number of benzene rings is 2. The van der Waals surface area contributed by atoms with Gasteiger partial charge in [-0.15, -0.1) is 0 Å². The van der Waals surface area contributed by atoms with Crippen molar-refractivity contribution in [3.8, 4) is 0 Å². The van der Waals surface area contributed by atoms with E-state index in [0.717, 1.165) is 31.4 Å². The van der Waals surface area contributed by atoms with Gasteiger partial charge < -0.3 is 0 Å². The van der Waals surface area contributed by atoms with Crippen molar-refractivity contribution >= 4 is 5.57 Å². The van der Waals surface area contributed by atoms with Gasteiger partial charge in [0.05, 0.1) is 0 Å². The van der Waals surface area contributed by atoms with Crippen LogP contribution in [0.25, 0.3) is 5.57 Å². The minimum absolute atomic E-state index is 0.325. The molecule has 2 aromatic rings. The number of halogens is 2. The molecule has 23 heavy (non-hydrogen) atoms. The zero-order chi connectivity index (χ0) is 15.8. The molecule has 0 radical (unpaired) electrons. The Morgan fingerprint density at radius 1 is 1.00 bits per heavy atom. The van der Waals surface area contributed by atoms with E-state index in [4.69, 9.17) is 0 Å². The smallest absolute Gasteiger partial charge is 0.130 e. The van der Waals surface area contributed by atoms with E-state index in [2.05, 4.69) is 35.2 Å². The van der Waals surface area contributed by atoms with Crippen LogP contribution in [0.3, 0.4) is 0 Å². The summed E-state index contributed by atoms with van der Waals surface area (Å²) in [6.45, 7) is 0.922. The summed E-state index contributed by atoms with van der Waals surface area (Å²) in [4.78, 5) is 2.50. The predicted octanol–water partition coefficient (Wildman–Crippen LogP) is 4.79. The van der Waals surface area contributed by atoms with Gasteiger partial charge in [-0.25, -0.2) is 8.78 Å². The van der Waals surface area contributed by atoms with Gasteiger partial charge in [0, 0.05) is 24.2 Å². The third-order valence-electron chi connectivity index (χ3n) is 5.02. The lowest BCUT2D eigenvalue weighted by atomic mass is 9.94. The number of hydrogen-bond donors (Lipinski definition) is 0. The molecule has 2 bridgehead atoms. The van der Waals surface area contributed by atoms with E-state index >= 15 is 0 Å². The van der Waals surface area contributed by atoms with Crippen molar-refractivity contribution in [3.05, 3.63) is 77.4 Å². The lowest BCUT2D eigenvalue weighted by molar-refractivity contribution is 0.203. The van der Waals surface area contributed by atoms with Crippen LogP contribution in [0, 0.1) is 11.6 Å². The van der Waals surface area contributed by atoms with Gasteiger partial charge in [0.25, 0.3) is 0 Å². The van der Waals surface area contributed by atoms with Gasteiger partial charge in [-0.1, -0.05) is 36.4 Å². The highest BCUT2D eigenvalue weighted by Crippen LogP contribution is 2.40. The predicted molar refractivity (Wildman–Crippen MR) is 87.7 cm³/mol. The van der Waals surface area contributed by atoms with Crippen molar-refractivity contribution < 1.29 is 8.78 Å². The summed E-state index contributed by atoms with van der Waals surface area (Å²) in [7, 11) is 0. The second-order valence-electron chi connectivity index (χ2n) is 6.48. The second kappa shape index (κ2) is 5.89. The highest BCUT2D eigenvalue weighted by atomic mass is 19.1. The van der Waals surface area contributed by atoms with E-state index in [0.29, 0.717) is 17.6 Å². The maximum Gasteiger partial charge on any atom is 0.130 e. The maximum absolute atomic E-state index is 14.1. The molecule has 1 saturated heterocycles. The molecule has 2 aliphatic heterocycles. The minimum atomic E-state index is -0.374. The van der Waals surface area contributed by atoms with Crippen LogP contribution in [-0.4, -0.2) is 17.0 Å². The van der Waals surface area contributed by atoms with E-state index in [1.807, 2.05) is 6.07 Å². The molecule has 2 aliphatic rings. The van der Waals surface area contributed by atoms with E-state index < -0.39 is 0 Å². The molecule has 118 valence electrons. The Labute approximate surface area is 135 Å². The van der Waals surface area contributed by atoms with Gasteiger partial charge in [-0.2, -0.15) is 0 Å². The van der Waals surface area contributed by atoms with Crippen LogP contribution < -0.4 is 0 Å². The molecule has 0 saturated carbocycles. The maximum atomic E-state index is 14.1. The molecule has 3 heteroatoms. The molecule has 0 N–H and O–H groups in total. The Hall–Kier alpha value is -2.00. The van der Waals surface area contributed by atoms with Crippen molar-refractivity contribution in [3.63, 3.8) is 0 Å². The standard InChI is InChI=1S/C20H19F2N/c21-16-6-9-20(22)19(12-16)15-10-17-7-8-18(11-15)23(17)13-14-4-2-1-3-5-14/h1-6,9-10,12,17-18H,7-8,11,13H2. The van der Waals surface area contributed by atoms with Crippen LogP contribution in [0.1, 0.15) is 30.4 Å². The van der Waals surface area contributed by atoms with Crippen molar-refractivity contribution in [1.82, 2.24) is 4.90 Å². The summed E-state index contributed by atoms with van der Waals surface area (Å²) in [5, 5.41) is 0. The van der Waals surface area contributed by atoms with Gasteiger partial charge in [0.15, 0.2) is 0 Å². The third kappa shape index (κ3) is 2.81. The second-order valence-corrected chi connectivity index (χ2v) is 6.48. The molecule has 2 unspecified atom stereocenters. The molecule has 2 atom stereocenters. The topological polar surface area (TPSA) is 3.24 Å². The fourth-order valence-electron chi connectivity index (χ4n) is 3.90. The Bertz CT molecular complexity index is 739. The molecule has 0 aliphatic carbocycles. The first kappa shape index (κ1) is 14.6. The zero-order valence-electron chi connectivity index (χ0n) is 12.9.